The van der Waals surface area contributed by atoms with E-state index >= 15 is 0 Å². The summed E-state index contributed by atoms with van der Waals surface area (Å²) in [4.78, 5) is 81.2. The maximum atomic E-state index is 12.6. The summed E-state index contributed by atoms with van der Waals surface area (Å²) < 4.78 is 58.4. The van der Waals surface area contributed by atoms with E-state index in [0.29, 0.717) is 67.9 Å². The Hall–Kier alpha value is -14.6. The number of aromatic hydroxyl groups is 2. The molecule has 8 aromatic rings. The highest BCUT2D eigenvalue weighted by molar-refractivity contribution is 8.77. The zero-order chi connectivity index (χ0) is 90.9. The summed E-state index contributed by atoms with van der Waals surface area (Å²) in [5.74, 6) is 3.97. The number of hydrogen-bond donors (Lipinski definition) is 2. The van der Waals surface area contributed by atoms with E-state index in [1.165, 1.54) is 27.2 Å². The van der Waals surface area contributed by atoms with Crippen LogP contribution in [0.4, 0.5) is 0 Å². The van der Waals surface area contributed by atoms with E-state index in [4.69, 9.17) is 39.1 Å². The summed E-state index contributed by atoms with van der Waals surface area (Å²) in [6, 6.07) is 116. The molecule has 17 nitrogen and oxygen atoms in total. The van der Waals surface area contributed by atoms with Gasteiger partial charge in [-0.1, -0.05) is 333 Å². The number of furan rings is 6. The van der Waals surface area contributed by atoms with Crippen molar-refractivity contribution in [2.45, 2.75) is 47.6 Å². The minimum absolute atomic E-state index is 0.236. The van der Waals surface area contributed by atoms with Gasteiger partial charge in [-0.05, 0) is 179 Å². The molecule has 0 unspecified atom stereocenters. The number of phenols is 2. The van der Waals surface area contributed by atoms with Gasteiger partial charge < -0.3 is 36.7 Å². The van der Waals surface area contributed by atoms with E-state index < -0.39 is 10.6 Å². The first-order valence-electron chi connectivity index (χ1n) is 40.5. The maximum absolute atomic E-state index is 12.6. The van der Waals surface area contributed by atoms with Gasteiger partial charge in [0.1, 0.15) is 46.1 Å². The van der Waals surface area contributed by atoms with Crippen LogP contribution in [0.5, 0.6) is 11.5 Å². The monoisotopic (exact) mass is 1850 g/mol. The molecule has 2 N–H and O–H groups in total. The van der Waals surface area contributed by atoms with Crippen LogP contribution < -0.4 is 33.8 Å². The van der Waals surface area contributed by atoms with Crippen LogP contribution in [0.1, 0.15) is 22.3 Å². The summed E-state index contributed by atoms with van der Waals surface area (Å²) in [6.45, 7) is 2.02. The Balaban J connectivity index is 0.000000120. The number of allylic oxidation sites excluding steroid dienone is 1. The van der Waals surface area contributed by atoms with Gasteiger partial charge in [-0.25, -0.2) is 28.8 Å². The largest absolute Gasteiger partial charge is 0.508 e. The first kappa shape index (κ1) is 89.8. The zero-order valence-corrected chi connectivity index (χ0v) is 75.1. The highest BCUT2D eigenvalue weighted by atomic mass is 33.1. The fourth-order valence-corrected chi connectivity index (χ4v) is 19.8. The molecule has 0 atom stereocenters. The summed E-state index contributed by atoms with van der Waals surface area (Å²) >= 11 is 3.09. The van der Waals surface area contributed by atoms with E-state index in [-0.39, 0.29) is 45.3 Å². The van der Waals surface area contributed by atoms with E-state index in [0.717, 1.165) is 119 Å². The fraction of sp³-hybridized carbons (Fsp3) is 0.0280. The minimum atomic E-state index is -3.11. The lowest BCUT2D eigenvalue weighted by Crippen LogP contribution is -2.00. The van der Waals surface area contributed by atoms with E-state index in [1.54, 1.807) is 69.4 Å². The average Bonchev–Trinajstić information content (AvgIpc) is 1.61. The Labute approximate surface area is 775 Å². The quantitative estimate of drug-likeness (QED) is 0.0903. The molecule has 644 valence electrons. The summed E-state index contributed by atoms with van der Waals surface area (Å²) in [5.41, 5.74) is 15.5. The topological polar surface area (TPSA) is 273 Å². The molecule has 6 aliphatic heterocycles. The van der Waals surface area contributed by atoms with Crippen molar-refractivity contribution in [1.82, 2.24) is 0 Å². The maximum Gasteiger partial charge on any atom is 0.425 e. The lowest BCUT2D eigenvalue weighted by Gasteiger charge is -2.03. The molecule has 0 saturated carbocycles. The Morgan fingerprint density at radius 2 is 0.527 bits per heavy atom. The van der Waals surface area contributed by atoms with Gasteiger partial charge >= 0.3 is 44.4 Å². The van der Waals surface area contributed by atoms with Crippen molar-refractivity contribution in [3.8, 4) is 135 Å². The van der Waals surface area contributed by atoms with Crippen LogP contribution in [0.15, 0.2) is 466 Å². The van der Waals surface area contributed by atoms with Crippen molar-refractivity contribution >= 4 is 82.9 Å². The Bertz CT molecular complexity index is 7620. The smallest absolute Gasteiger partial charge is 0.425 e. The normalized spacial score (nSPS) is 11.2. The molecule has 0 radical (unpaired) electrons. The second-order valence-corrected chi connectivity index (χ2v) is 36.6. The van der Waals surface area contributed by atoms with Gasteiger partial charge in [0.2, 0.25) is 0 Å². The summed E-state index contributed by atoms with van der Waals surface area (Å²) in [5, 5.41) is 18.8. The van der Waals surface area contributed by atoms with Gasteiger partial charge in [-0.15, -0.1) is 12.6 Å². The molecule has 21 rings (SSSR count). The van der Waals surface area contributed by atoms with Crippen LogP contribution >= 0.6 is 66.7 Å². The fourth-order valence-electron chi connectivity index (χ4n) is 14.8. The number of hydrogen-bond acceptors (Lipinski definition) is 23. The van der Waals surface area contributed by atoms with Gasteiger partial charge in [-0.2, -0.15) is 0 Å². The molecule has 0 bridgehead atoms. The predicted octanol–water partition coefficient (Wildman–Crippen LogP) is 26.3. The molecular formula is C107H72O17S7. The SMILES string of the molecule is CSSc1cccc2c(C3=CCc4ccccc43)c(=O)oc-2c1.Cc1ccc(-c2c3cccc(Sc4ccc(O)cc4)cc-3oc2=O)cc1.O=S(=O)=O.O=c1oc2cc(SSc3cccc4c(-c5ccccc5)c(=O)oc-4c3)cccc-2c1-c1ccccc1.O=c1oc2cc(Sc3ccc(O)cc3)cccc-2c1-c1ccccc1.O=c1oc2cccccc-2c1-c1ccccc1. The number of aryl methyl sites for hydroxylation is 1. The van der Waals surface area contributed by atoms with Crippen LogP contribution in [0, 0.1) is 6.92 Å². The Kier molecular flexibility index (Phi) is 28.9. The van der Waals surface area contributed by atoms with Crippen molar-refractivity contribution in [2.24, 2.45) is 0 Å². The molecule has 131 heavy (non-hydrogen) atoms. The summed E-state index contributed by atoms with van der Waals surface area (Å²) in [6.07, 6.45) is 5.02. The molecule has 0 amide bonds. The van der Waals surface area contributed by atoms with Crippen LogP contribution in [-0.2, 0) is 17.0 Å². The van der Waals surface area contributed by atoms with Gasteiger partial charge in [0.25, 0.3) is 0 Å². The van der Waals surface area contributed by atoms with Gasteiger partial charge in [0.05, 0.1) is 33.4 Å². The molecule has 0 spiro atoms. The lowest BCUT2D eigenvalue weighted by atomic mass is 9.97. The highest BCUT2D eigenvalue weighted by Gasteiger charge is 2.28. The third kappa shape index (κ3) is 21.7. The van der Waals surface area contributed by atoms with Crippen molar-refractivity contribution in [2.75, 3.05) is 6.26 Å². The first-order chi connectivity index (χ1) is 63.8. The summed E-state index contributed by atoms with van der Waals surface area (Å²) in [7, 11) is 3.30. The van der Waals surface area contributed by atoms with Crippen LogP contribution in [-0.4, -0.2) is 29.1 Å². The van der Waals surface area contributed by atoms with E-state index in [9.17, 15) is 39.0 Å². The second kappa shape index (κ2) is 42.1. The Morgan fingerprint density at radius 1 is 0.260 bits per heavy atom. The molecule has 6 heterocycles. The third-order valence-electron chi connectivity index (χ3n) is 20.6. The van der Waals surface area contributed by atoms with Crippen molar-refractivity contribution < 1.29 is 49.3 Å². The molecule has 8 aromatic carbocycles. The van der Waals surface area contributed by atoms with Crippen LogP contribution in [0.3, 0.4) is 0 Å². The number of fused-ring (bicyclic) bond motifs is 7. The highest BCUT2D eigenvalue weighted by Crippen LogP contribution is 2.45. The van der Waals surface area contributed by atoms with Gasteiger partial charge in [0.15, 0.2) is 0 Å². The first-order valence-corrected chi connectivity index (χ1v) is 47.9. The van der Waals surface area contributed by atoms with Crippen molar-refractivity contribution in [1.29, 1.82) is 0 Å². The van der Waals surface area contributed by atoms with Gasteiger partial charge in [0, 0.05) is 67.6 Å². The molecule has 7 aliphatic carbocycles. The van der Waals surface area contributed by atoms with Crippen LogP contribution in [0.2, 0.25) is 0 Å². The molecule has 13 aliphatic rings. The van der Waals surface area contributed by atoms with Crippen LogP contribution in [0.25, 0.3) is 129 Å². The molecular weight excluding hydrogens is 1780 g/mol. The molecule has 0 saturated heterocycles. The number of rotatable bonds is 15. The lowest BCUT2D eigenvalue weighted by molar-refractivity contribution is 0.474. The standard InChI is InChI=1S/C30H18O4S2.C22H16O3S.C21H14O3S.C19H14O2S2.C15H10O2.O3S/c31-29-27(19-9-3-1-4-10-19)23-15-7-13-21(17-25(23)33-29)35-36-22-14-8-16-24-26(18-22)34-30(32)28(24)20-11-5-2-6-12-20;1-14-5-7-15(8-6-14)21-19-4-2-3-18(13-20(19)25-22(21)24)26-17-11-9-16(23)10-12-17;22-15-9-11-16(12-10-15)25-17-7-4-8-18-19(13-17)24-21(23)20(18)14-5-2-1-3-6-14;1-22-23-13-6-4-8-16-17(11-13)21-19(20)18(16)15-10-9-12-5-2-3-7-14(12)15;16-15-14(11-7-3-1-4-8-11)12-9-5-2-6-10-13(12)17-15;1-4(2)3/h1-18H;2-13,23H,1H3;1-13,22H;2-8,10-11H,9H2,1H3;1-10H;. The third-order valence-corrected chi connectivity index (χ3v) is 26.7. The minimum Gasteiger partial charge on any atom is -0.508 e. The Morgan fingerprint density at radius 3 is 0.893 bits per heavy atom. The zero-order valence-electron chi connectivity index (χ0n) is 69.4. The van der Waals surface area contributed by atoms with Gasteiger partial charge in [-0.3, -0.25) is 0 Å². The number of phenolic OH excluding ortho intramolecular Hbond substituents is 2. The number of benzene rings is 8. The van der Waals surface area contributed by atoms with Crippen molar-refractivity contribution in [3.63, 3.8) is 0 Å². The average molecular weight is 1850 g/mol. The van der Waals surface area contributed by atoms with E-state index in [1.807, 2.05) is 347 Å². The molecule has 24 heteroatoms. The molecule has 0 aromatic heterocycles. The predicted molar refractivity (Wildman–Crippen MR) is 524 cm³/mol. The van der Waals surface area contributed by atoms with Crippen molar-refractivity contribution in [3.05, 3.63) is 461 Å². The van der Waals surface area contributed by atoms with E-state index in [2.05, 4.69) is 18.2 Å². The molecule has 0 fully saturated rings. The second-order valence-electron chi connectivity index (χ2n) is 29.1.